The van der Waals surface area contributed by atoms with Gasteiger partial charge in [-0.05, 0) is 24.6 Å². The van der Waals surface area contributed by atoms with Crippen molar-refractivity contribution in [3.63, 3.8) is 0 Å². The number of allylic oxidation sites excluding steroid dienone is 3. The Morgan fingerprint density at radius 1 is 1.70 bits per heavy atom. The number of rotatable bonds is 2. The second-order valence-corrected chi connectivity index (χ2v) is 1.76. The van der Waals surface area contributed by atoms with Crippen molar-refractivity contribution in [1.29, 1.82) is 0 Å². The van der Waals surface area contributed by atoms with Crippen LogP contribution >= 0.6 is 0 Å². The summed E-state index contributed by atoms with van der Waals surface area (Å²) in [6, 6.07) is 0. The molecule has 0 atom stereocenters. The van der Waals surface area contributed by atoms with Crippen molar-refractivity contribution in [2.45, 2.75) is 6.92 Å². The Morgan fingerprint density at radius 3 is 2.70 bits per heavy atom. The first-order valence-electron chi connectivity index (χ1n) is 2.84. The third kappa shape index (κ3) is 5.14. The molecule has 0 amide bonds. The van der Waals surface area contributed by atoms with E-state index in [2.05, 4.69) is 12.3 Å². The topological polar surface area (TPSA) is 0 Å². The first kappa shape index (κ1) is 8.99. The molecular formula is C8H8BF. The van der Waals surface area contributed by atoms with Gasteiger partial charge in [0, 0.05) is 5.73 Å². The lowest BCUT2D eigenvalue weighted by atomic mass is 10.1. The second kappa shape index (κ2) is 4.83. The van der Waals surface area contributed by atoms with Gasteiger partial charge in [-0.3, -0.25) is 0 Å². The monoisotopic (exact) mass is 134 g/mol. The van der Waals surface area contributed by atoms with Crippen molar-refractivity contribution in [3.8, 4) is 0 Å². The van der Waals surface area contributed by atoms with Crippen molar-refractivity contribution < 1.29 is 4.39 Å². The summed E-state index contributed by atoms with van der Waals surface area (Å²) < 4.78 is 11.9. The van der Waals surface area contributed by atoms with Gasteiger partial charge in [0.2, 0.25) is 0 Å². The van der Waals surface area contributed by atoms with Crippen molar-refractivity contribution in [1.82, 2.24) is 0 Å². The molecule has 0 aliphatic heterocycles. The molecule has 2 heteroatoms. The summed E-state index contributed by atoms with van der Waals surface area (Å²) in [6.07, 6.45) is 4.35. The maximum Gasteiger partial charge on any atom is 0.156 e. The van der Waals surface area contributed by atoms with Crippen LogP contribution in [0.25, 0.3) is 0 Å². The maximum atomic E-state index is 11.9. The number of hydrogen-bond donors (Lipinski definition) is 0. The fourth-order valence-corrected chi connectivity index (χ4v) is 0.439. The Labute approximate surface area is 61.9 Å². The molecule has 0 aromatic rings. The van der Waals surface area contributed by atoms with Gasteiger partial charge in [0.25, 0.3) is 0 Å². The predicted molar refractivity (Wildman–Crippen MR) is 42.4 cm³/mol. The fraction of sp³-hybridized carbons (Fsp3) is 0.125. The van der Waals surface area contributed by atoms with Gasteiger partial charge >= 0.3 is 0 Å². The van der Waals surface area contributed by atoms with Gasteiger partial charge in [0.1, 0.15) is 0 Å². The van der Waals surface area contributed by atoms with Crippen LogP contribution in [0.3, 0.4) is 0 Å². The predicted octanol–water partition coefficient (Wildman–Crippen LogP) is 2.25. The minimum absolute atomic E-state index is 0.639. The van der Waals surface area contributed by atoms with Gasteiger partial charge in [-0.2, -0.15) is 0 Å². The van der Waals surface area contributed by atoms with E-state index in [0.29, 0.717) is 5.57 Å². The van der Waals surface area contributed by atoms with Crippen molar-refractivity contribution in [2.75, 3.05) is 0 Å². The molecule has 0 N–H and O–H groups in total. The van der Waals surface area contributed by atoms with Crippen molar-refractivity contribution >= 4 is 7.85 Å². The van der Waals surface area contributed by atoms with Crippen LogP contribution in [0.1, 0.15) is 6.92 Å². The molecule has 0 aliphatic carbocycles. The van der Waals surface area contributed by atoms with Gasteiger partial charge in [0.15, 0.2) is 7.85 Å². The molecule has 0 spiro atoms. The number of hydrogen-bond acceptors (Lipinski definition) is 0. The van der Waals surface area contributed by atoms with Crippen LogP contribution in [0, 0.1) is 0 Å². The molecule has 0 bridgehead atoms. The molecule has 0 saturated carbocycles. The fourth-order valence-electron chi connectivity index (χ4n) is 0.439. The molecule has 0 rings (SSSR count). The third-order valence-electron chi connectivity index (χ3n) is 0.783. The summed E-state index contributed by atoms with van der Waals surface area (Å²) in [4.78, 5) is 0. The molecular weight excluding hydrogens is 126 g/mol. The van der Waals surface area contributed by atoms with E-state index >= 15 is 0 Å². The quantitative estimate of drug-likeness (QED) is 0.308. The molecule has 0 aliphatic rings. The van der Waals surface area contributed by atoms with Crippen LogP contribution < -0.4 is 0 Å². The second-order valence-electron chi connectivity index (χ2n) is 1.76. The van der Waals surface area contributed by atoms with E-state index < -0.39 is 5.73 Å². The summed E-state index contributed by atoms with van der Waals surface area (Å²) in [7, 11) is 4.76. The number of halogens is 1. The molecule has 50 valence electrons. The smallest absolute Gasteiger partial charge is 0.156 e. The molecule has 0 saturated heterocycles. The van der Waals surface area contributed by atoms with Crippen molar-refractivity contribution in [3.05, 3.63) is 41.8 Å². The van der Waals surface area contributed by atoms with Crippen LogP contribution in [0.2, 0.25) is 0 Å². The summed E-state index contributed by atoms with van der Waals surface area (Å²) in [5, 5.41) is 0. The summed E-state index contributed by atoms with van der Waals surface area (Å²) >= 11 is 0. The highest BCUT2D eigenvalue weighted by atomic mass is 19.1. The Kier molecular flexibility index (Phi) is 4.35. The highest BCUT2D eigenvalue weighted by molar-refractivity contribution is 6.20. The van der Waals surface area contributed by atoms with Crippen LogP contribution in [-0.2, 0) is 0 Å². The zero-order chi connectivity index (χ0) is 7.98. The van der Waals surface area contributed by atoms with Gasteiger partial charge in [-0.15, -0.1) is 5.73 Å². The average molecular weight is 134 g/mol. The minimum Gasteiger partial charge on any atom is -0.225 e. The highest BCUT2D eigenvalue weighted by Gasteiger charge is 1.81. The maximum absolute atomic E-state index is 11.9. The first-order valence-corrected chi connectivity index (χ1v) is 2.84. The van der Waals surface area contributed by atoms with Crippen LogP contribution in [0.4, 0.5) is 4.39 Å². The normalized spacial score (nSPS) is 10.0. The molecule has 0 unspecified atom stereocenters. The highest BCUT2D eigenvalue weighted by Crippen LogP contribution is 1.97. The van der Waals surface area contributed by atoms with E-state index in [1.165, 1.54) is 6.08 Å². The van der Waals surface area contributed by atoms with E-state index in [9.17, 15) is 4.39 Å². The van der Waals surface area contributed by atoms with Gasteiger partial charge in [0.05, 0.1) is 0 Å². The lowest BCUT2D eigenvalue weighted by molar-refractivity contribution is 0.693. The van der Waals surface area contributed by atoms with Gasteiger partial charge in [-0.25, -0.2) is 4.39 Å². The molecule has 0 aromatic carbocycles. The standard InChI is InChI=1S/C8H8BF/c1-3-4-5-7(2)6-8(9)10/h3-4,6H,1H2,2H3/b8-6+. The zero-order valence-electron chi connectivity index (χ0n) is 5.89. The summed E-state index contributed by atoms with van der Waals surface area (Å²) in [6.45, 7) is 5.14. The van der Waals surface area contributed by atoms with E-state index in [-0.39, 0.29) is 0 Å². The van der Waals surface area contributed by atoms with E-state index in [1.807, 2.05) is 0 Å². The lowest BCUT2D eigenvalue weighted by Gasteiger charge is -1.83. The first-order chi connectivity index (χ1) is 4.66. The zero-order valence-corrected chi connectivity index (χ0v) is 5.89. The Bertz CT molecular complexity index is 203. The van der Waals surface area contributed by atoms with Crippen LogP contribution in [-0.4, -0.2) is 7.85 Å². The molecule has 0 aromatic heterocycles. The molecule has 2 radical (unpaired) electrons. The Hall–Kier alpha value is -1.01. The largest absolute Gasteiger partial charge is 0.225 e. The van der Waals surface area contributed by atoms with E-state index in [4.69, 9.17) is 7.85 Å². The van der Waals surface area contributed by atoms with Crippen LogP contribution in [0.15, 0.2) is 41.8 Å². The molecule has 10 heavy (non-hydrogen) atoms. The SMILES string of the molecule is [B]/C(F)=C\C(C)=C=CC=C. The van der Waals surface area contributed by atoms with E-state index in [0.717, 1.165) is 0 Å². The van der Waals surface area contributed by atoms with Crippen LogP contribution in [0.5, 0.6) is 0 Å². The Morgan fingerprint density at radius 2 is 2.30 bits per heavy atom. The third-order valence-corrected chi connectivity index (χ3v) is 0.783. The van der Waals surface area contributed by atoms with Crippen molar-refractivity contribution in [2.24, 2.45) is 0 Å². The molecule has 0 nitrogen and oxygen atoms in total. The molecule has 0 fully saturated rings. The summed E-state index contributed by atoms with van der Waals surface area (Å²) in [5.41, 5.74) is 2.67. The van der Waals surface area contributed by atoms with E-state index in [1.54, 1.807) is 19.1 Å². The minimum atomic E-state index is -0.706. The summed E-state index contributed by atoms with van der Waals surface area (Å²) in [5.74, 6) is 0. The average Bonchev–Trinajstić information content (AvgIpc) is 1.82. The van der Waals surface area contributed by atoms with Gasteiger partial charge < -0.3 is 0 Å². The Balaban J connectivity index is 4.35. The van der Waals surface area contributed by atoms with Gasteiger partial charge in [-0.1, -0.05) is 12.7 Å². The lowest BCUT2D eigenvalue weighted by Crippen LogP contribution is -1.69. The molecule has 0 heterocycles.